The molecule has 7 heteroatoms. The molecule has 2 N–H and O–H groups in total. The van der Waals surface area contributed by atoms with Crippen LogP contribution in [0.2, 0.25) is 0 Å². The summed E-state index contributed by atoms with van der Waals surface area (Å²) in [5.41, 5.74) is 0.756. The quantitative estimate of drug-likeness (QED) is 0.844. The van der Waals surface area contributed by atoms with Crippen molar-refractivity contribution in [2.45, 2.75) is 12.1 Å². The number of nitrogens with one attached hydrogen (secondary N) is 1. The van der Waals surface area contributed by atoms with Crippen LogP contribution in [0.3, 0.4) is 0 Å². The fraction of sp³-hybridized carbons (Fsp3) is 0.462. The van der Waals surface area contributed by atoms with Crippen LogP contribution in [0.15, 0.2) is 18.2 Å². The van der Waals surface area contributed by atoms with Crippen molar-refractivity contribution in [3.8, 4) is 11.5 Å². The lowest BCUT2D eigenvalue weighted by Crippen LogP contribution is -2.49. The Bertz CT molecular complexity index is 533. The number of carboxylic acids is 1. The summed E-state index contributed by atoms with van der Waals surface area (Å²) in [6.07, 6.45) is 0. The van der Waals surface area contributed by atoms with Gasteiger partial charge in [0.1, 0.15) is 17.5 Å². The summed E-state index contributed by atoms with van der Waals surface area (Å²) in [5, 5.41) is 12.1. The molecule has 1 heterocycles. The van der Waals surface area contributed by atoms with Gasteiger partial charge in [-0.1, -0.05) is 0 Å². The maximum atomic E-state index is 11.9. The molecule has 0 bridgehead atoms. The van der Waals surface area contributed by atoms with E-state index in [9.17, 15) is 9.00 Å². The highest BCUT2D eigenvalue weighted by atomic mass is 32.2. The summed E-state index contributed by atoms with van der Waals surface area (Å²) < 4.78 is 22.3. The Labute approximate surface area is 119 Å². The lowest BCUT2D eigenvalue weighted by molar-refractivity contribution is -0.139. The Kier molecular flexibility index (Phi) is 4.61. The van der Waals surface area contributed by atoms with E-state index in [2.05, 4.69) is 5.32 Å². The lowest BCUT2D eigenvalue weighted by Gasteiger charge is -2.29. The zero-order valence-electron chi connectivity index (χ0n) is 11.3. The van der Waals surface area contributed by atoms with E-state index in [0.29, 0.717) is 17.3 Å². The first kappa shape index (κ1) is 14.8. The van der Waals surface area contributed by atoms with Crippen molar-refractivity contribution in [3.63, 3.8) is 0 Å². The Balaban J connectivity index is 2.33. The molecule has 1 aliphatic rings. The van der Waals surface area contributed by atoms with Crippen molar-refractivity contribution in [1.82, 2.24) is 5.32 Å². The zero-order valence-corrected chi connectivity index (χ0v) is 12.1. The lowest BCUT2D eigenvalue weighted by atomic mass is 10.1. The number of hydrogen-bond donors (Lipinski definition) is 2. The van der Waals surface area contributed by atoms with Gasteiger partial charge in [-0.2, -0.15) is 0 Å². The van der Waals surface area contributed by atoms with E-state index >= 15 is 0 Å². The highest BCUT2D eigenvalue weighted by Crippen LogP contribution is 2.31. The second-order valence-electron chi connectivity index (χ2n) is 4.49. The Morgan fingerprint density at radius 1 is 1.35 bits per heavy atom. The molecule has 20 heavy (non-hydrogen) atoms. The third-order valence-electron chi connectivity index (χ3n) is 3.22. The number of rotatable bonds is 4. The van der Waals surface area contributed by atoms with Gasteiger partial charge in [-0.15, -0.1) is 0 Å². The molecule has 0 aliphatic carbocycles. The summed E-state index contributed by atoms with van der Waals surface area (Å²) in [6, 6.07) is 4.14. The van der Waals surface area contributed by atoms with Gasteiger partial charge < -0.3 is 14.6 Å². The molecule has 0 saturated carbocycles. The van der Waals surface area contributed by atoms with Crippen LogP contribution in [-0.4, -0.2) is 47.1 Å². The Hall–Kier alpha value is -1.60. The minimum Gasteiger partial charge on any atom is -0.497 e. The fourth-order valence-corrected chi connectivity index (χ4v) is 3.61. The fourth-order valence-electron chi connectivity index (χ4n) is 2.21. The van der Waals surface area contributed by atoms with E-state index in [0.717, 1.165) is 5.56 Å². The van der Waals surface area contributed by atoms with Crippen LogP contribution in [-0.2, 0) is 15.6 Å². The number of benzene rings is 1. The van der Waals surface area contributed by atoms with E-state index in [1.54, 1.807) is 32.4 Å². The molecule has 3 unspecified atom stereocenters. The van der Waals surface area contributed by atoms with Crippen molar-refractivity contribution in [1.29, 1.82) is 0 Å². The molecule has 0 amide bonds. The van der Waals surface area contributed by atoms with Gasteiger partial charge in [0.25, 0.3) is 0 Å². The van der Waals surface area contributed by atoms with Gasteiger partial charge in [0.15, 0.2) is 0 Å². The molecule has 6 nitrogen and oxygen atoms in total. The van der Waals surface area contributed by atoms with Crippen LogP contribution >= 0.6 is 0 Å². The second kappa shape index (κ2) is 6.23. The number of aliphatic carboxylic acids is 1. The van der Waals surface area contributed by atoms with Gasteiger partial charge in [-0.05, 0) is 18.2 Å². The number of carboxylic acid groups (broad SMARTS) is 1. The third-order valence-corrected chi connectivity index (χ3v) is 4.63. The molecule has 1 saturated heterocycles. The molecule has 110 valence electrons. The van der Waals surface area contributed by atoms with Crippen molar-refractivity contribution in [2.24, 2.45) is 0 Å². The van der Waals surface area contributed by atoms with Gasteiger partial charge in [-0.25, -0.2) is 0 Å². The minimum atomic E-state index is -1.18. The van der Waals surface area contributed by atoms with Crippen LogP contribution < -0.4 is 14.8 Å². The van der Waals surface area contributed by atoms with Gasteiger partial charge in [0.05, 0.1) is 14.2 Å². The second-order valence-corrected chi connectivity index (χ2v) is 6.04. The molecule has 1 aromatic rings. The maximum Gasteiger partial charge on any atom is 0.321 e. The molecular formula is C13H17NO5S. The van der Waals surface area contributed by atoms with Crippen LogP contribution in [0.5, 0.6) is 11.5 Å². The highest BCUT2D eigenvalue weighted by Gasteiger charge is 2.32. The standard InChI is InChI=1S/C13H17NO5S/c1-18-8-3-4-12(19-2)9(5-8)10-6-20(17)7-11(14-10)13(15)16/h3-5,10-11,14H,6-7H2,1-2H3,(H,15,16). The molecule has 0 aromatic heterocycles. The smallest absolute Gasteiger partial charge is 0.321 e. The van der Waals surface area contributed by atoms with Crippen molar-refractivity contribution in [3.05, 3.63) is 23.8 Å². The van der Waals surface area contributed by atoms with Crippen molar-refractivity contribution in [2.75, 3.05) is 25.7 Å². The average Bonchev–Trinajstić information content (AvgIpc) is 2.45. The largest absolute Gasteiger partial charge is 0.497 e. The molecule has 2 rings (SSSR count). The number of hydrogen-bond acceptors (Lipinski definition) is 5. The molecule has 3 atom stereocenters. The highest BCUT2D eigenvalue weighted by molar-refractivity contribution is 7.85. The summed E-state index contributed by atoms with van der Waals surface area (Å²) in [6.45, 7) is 0. The van der Waals surface area contributed by atoms with Crippen LogP contribution in [0.25, 0.3) is 0 Å². The third kappa shape index (κ3) is 3.10. The van der Waals surface area contributed by atoms with E-state index < -0.39 is 22.8 Å². The Morgan fingerprint density at radius 3 is 2.70 bits per heavy atom. The molecule has 1 fully saturated rings. The predicted octanol–water partition coefficient (Wildman–Crippen LogP) is 0.550. The number of carbonyl (C=O) groups is 1. The summed E-state index contributed by atoms with van der Waals surface area (Å²) in [5.74, 6) is 0.743. The molecule has 0 radical (unpaired) electrons. The summed E-state index contributed by atoms with van der Waals surface area (Å²) >= 11 is 0. The predicted molar refractivity (Wildman–Crippen MR) is 74.7 cm³/mol. The van der Waals surface area contributed by atoms with Gasteiger partial charge >= 0.3 is 5.97 Å². The topological polar surface area (TPSA) is 84.9 Å². The van der Waals surface area contributed by atoms with E-state index in [-0.39, 0.29) is 11.8 Å². The van der Waals surface area contributed by atoms with E-state index in [1.807, 2.05) is 0 Å². The molecule has 0 spiro atoms. The minimum absolute atomic E-state index is 0.123. The molecule has 1 aromatic carbocycles. The molecule has 1 aliphatic heterocycles. The molecular weight excluding hydrogens is 282 g/mol. The number of ether oxygens (including phenoxy) is 2. The monoisotopic (exact) mass is 299 g/mol. The normalized spacial score (nSPS) is 26.0. The summed E-state index contributed by atoms with van der Waals surface area (Å²) in [4.78, 5) is 11.1. The van der Waals surface area contributed by atoms with Gasteiger partial charge in [0.2, 0.25) is 0 Å². The van der Waals surface area contributed by atoms with Crippen LogP contribution in [0.1, 0.15) is 11.6 Å². The van der Waals surface area contributed by atoms with Crippen molar-refractivity contribution < 1.29 is 23.6 Å². The van der Waals surface area contributed by atoms with Gasteiger partial charge in [0, 0.05) is 33.9 Å². The number of methoxy groups -OCH3 is 2. The Morgan fingerprint density at radius 2 is 2.10 bits per heavy atom. The van der Waals surface area contributed by atoms with Crippen LogP contribution in [0, 0.1) is 0 Å². The SMILES string of the molecule is COc1ccc(OC)c(C2CS(=O)CC(C(=O)O)N2)c1. The van der Waals surface area contributed by atoms with E-state index in [1.165, 1.54) is 0 Å². The van der Waals surface area contributed by atoms with Crippen molar-refractivity contribution >= 4 is 16.8 Å². The maximum absolute atomic E-state index is 11.9. The summed E-state index contributed by atoms with van der Waals surface area (Å²) in [7, 11) is 1.92. The first-order chi connectivity index (χ1) is 9.55. The zero-order chi connectivity index (χ0) is 14.7. The average molecular weight is 299 g/mol. The first-order valence-corrected chi connectivity index (χ1v) is 7.59. The van der Waals surface area contributed by atoms with Gasteiger partial charge in [-0.3, -0.25) is 14.3 Å². The first-order valence-electron chi connectivity index (χ1n) is 6.11. The van der Waals surface area contributed by atoms with E-state index in [4.69, 9.17) is 14.6 Å². The van der Waals surface area contributed by atoms with Crippen LogP contribution in [0.4, 0.5) is 0 Å².